The first-order chi connectivity index (χ1) is 18.6. The molecule has 6 heteroatoms. The number of hydrogen-bond donors (Lipinski definition) is 0. The van der Waals surface area contributed by atoms with Gasteiger partial charge in [-0.3, -0.25) is 0 Å². The third kappa shape index (κ3) is 3.66. The first-order valence-corrected chi connectivity index (χ1v) is 13.4. The van der Waals surface area contributed by atoms with Crippen molar-refractivity contribution in [3.05, 3.63) is 119 Å². The summed E-state index contributed by atoms with van der Waals surface area (Å²) in [5.74, 6) is 2.12. The average molecular weight is 674 g/mol. The van der Waals surface area contributed by atoms with E-state index in [0.717, 1.165) is 53.7 Å². The molecular weight excluding hydrogens is 651 g/mol. The van der Waals surface area contributed by atoms with Gasteiger partial charge in [0.2, 0.25) is 0 Å². The molecule has 0 fully saturated rings. The van der Waals surface area contributed by atoms with Crippen molar-refractivity contribution in [3.63, 3.8) is 0 Å². The quantitative estimate of drug-likeness (QED) is 0.185. The Morgan fingerprint density at radius 3 is 2.34 bits per heavy atom. The van der Waals surface area contributed by atoms with Crippen LogP contribution in [-0.2, 0) is 26.4 Å². The summed E-state index contributed by atoms with van der Waals surface area (Å²) < 4.78 is 14.0. The third-order valence-corrected chi connectivity index (χ3v) is 8.08. The molecule has 4 aromatic carbocycles. The molecule has 0 bridgehead atoms. The zero-order valence-corrected chi connectivity index (χ0v) is 23.0. The molecule has 0 aliphatic heterocycles. The minimum absolute atomic E-state index is 0.625. The number of rotatable bonds is 4. The van der Waals surface area contributed by atoms with Crippen LogP contribution in [0.5, 0.6) is 11.5 Å². The van der Waals surface area contributed by atoms with Crippen LogP contribution >= 0.6 is 0 Å². The normalized spacial score (nSPS) is 11.6. The number of aryl methyl sites for hydroxylation is 2. The standard InChI is InChI=1S/C32H22N4O.Pt/c1-22-16-17-33-32(18-22)36-28-11-4-3-10-26(28)27-15-14-25(20-31(27)36)37-24-9-7-8-23(19-24)35-21-34(2)29-12-5-6-13-30(29)35;/h3-18H,1-2H3;/q-2;. The van der Waals surface area contributed by atoms with Crippen molar-refractivity contribution in [1.82, 2.24) is 18.7 Å². The van der Waals surface area contributed by atoms with Crippen LogP contribution in [0.2, 0.25) is 0 Å². The van der Waals surface area contributed by atoms with Gasteiger partial charge in [0, 0.05) is 6.20 Å². The minimum atomic E-state index is 0.625. The Kier molecular flexibility index (Phi) is 5.41. The first kappa shape index (κ1) is 22.9. The van der Waals surface area contributed by atoms with Crippen LogP contribution in [0.25, 0.3) is 44.3 Å². The maximum absolute atomic E-state index is 6.35. The van der Waals surface area contributed by atoms with Crippen LogP contribution in [0, 0.1) is 22.9 Å². The van der Waals surface area contributed by atoms with Crippen LogP contribution < -0.4 is 4.74 Å². The molecule has 0 N–H and O–H groups in total. The summed E-state index contributed by atoms with van der Waals surface area (Å²) in [6.07, 6.45) is 1.85. The first-order valence-electron chi connectivity index (χ1n) is 12.3. The molecule has 0 unspecified atom stereocenters. The summed E-state index contributed by atoms with van der Waals surface area (Å²) >= 11 is 2.36. The van der Waals surface area contributed by atoms with Crippen LogP contribution in [-0.4, -0.2) is 18.7 Å². The summed E-state index contributed by atoms with van der Waals surface area (Å²) in [5.41, 5.74) is 6.37. The van der Waals surface area contributed by atoms with E-state index in [-0.39, 0.29) is 0 Å². The number of pyridine rings is 1. The molecule has 3 heterocycles. The monoisotopic (exact) mass is 673 g/mol. The van der Waals surface area contributed by atoms with Gasteiger partial charge in [0.15, 0.2) is 0 Å². The number of ether oxygens (including phenoxy) is 1. The van der Waals surface area contributed by atoms with E-state index in [4.69, 9.17) is 4.74 Å². The molecule has 0 saturated carbocycles. The van der Waals surface area contributed by atoms with Gasteiger partial charge in [0.25, 0.3) is 0 Å². The third-order valence-electron chi connectivity index (χ3n) is 6.81. The number of para-hydroxylation sites is 3. The van der Waals surface area contributed by atoms with Gasteiger partial charge in [-0.05, 0) is 18.6 Å². The fraction of sp³-hybridized carbons (Fsp3) is 0.0625. The van der Waals surface area contributed by atoms with Crippen LogP contribution in [0.1, 0.15) is 5.56 Å². The van der Waals surface area contributed by atoms with Crippen molar-refractivity contribution < 1.29 is 24.1 Å². The van der Waals surface area contributed by atoms with E-state index in [1.165, 1.54) is 0 Å². The molecular formula is C32H22N4OPt-2. The van der Waals surface area contributed by atoms with Gasteiger partial charge in [0.05, 0.1) is 0 Å². The fourth-order valence-electron chi connectivity index (χ4n) is 5.05. The molecule has 0 aliphatic rings. The zero-order valence-electron chi connectivity index (χ0n) is 20.8. The molecule has 188 valence electrons. The van der Waals surface area contributed by atoms with Crippen LogP contribution in [0.15, 0.2) is 97.2 Å². The van der Waals surface area contributed by atoms with Gasteiger partial charge in [0.1, 0.15) is 0 Å². The summed E-state index contributed by atoms with van der Waals surface area (Å²) in [4.78, 5) is 4.67. The Morgan fingerprint density at radius 1 is 0.737 bits per heavy atom. The predicted molar refractivity (Wildman–Crippen MR) is 147 cm³/mol. The van der Waals surface area contributed by atoms with E-state index in [1.807, 2.05) is 30.5 Å². The molecule has 7 aromatic rings. The zero-order chi connectivity index (χ0) is 25.8. The molecule has 0 amide bonds. The van der Waals surface area contributed by atoms with Crippen molar-refractivity contribution in [2.24, 2.45) is 7.05 Å². The Balaban J connectivity index is 1.34. The SMILES string of the molecule is Cc1ccnc(-n2c3[c-]c(Oc4[c-]c(-n5[c](=[Pt])n(C)c6ccccc65)ccc4)ccc3c3ccccc32)c1. The van der Waals surface area contributed by atoms with E-state index in [9.17, 15) is 0 Å². The molecule has 0 atom stereocenters. The predicted octanol–water partition coefficient (Wildman–Crippen LogP) is 7.24. The second-order valence-electron chi connectivity index (χ2n) is 9.26. The molecule has 38 heavy (non-hydrogen) atoms. The van der Waals surface area contributed by atoms with Crippen molar-refractivity contribution in [3.8, 4) is 23.0 Å². The van der Waals surface area contributed by atoms with Gasteiger partial charge >= 0.3 is 194 Å². The van der Waals surface area contributed by atoms with E-state index in [1.54, 1.807) is 0 Å². The Hall–Kier alpha value is -4.21. The second kappa shape index (κ2) is 8.97. The van der Waals surface area contributed by atoms with Crippen molar-refractivity contribution in [1.29, 1.82) is 0 Å². The molecule has 0 saturated heterocycles. The maximum atomic E-state index is 6.35. The molecule has 0 aliphatic carbocycles. The molecule has 7 rings (SSSR count). The van der Waals surface area contributed by atoms with Crippen molar-refractivity contribution >= 4 is 32.8 Å². The van der Waals surface area contributed by atoms with Crippen molar-refractivity contribution in [2.45, 2.75) is 6.92 Å². The van der Waals surface area contributed by atoms with Gasteiger partial charge in [-0.25, -0.2) is 0 Å². The molecule has 5 nitrogen and oxygen atoms in total. The van der Waals surface area contributed by atoms with E-state index in [2.05, 4.69) is 131 Å². The number of aromatic nitrogens is 4. The molecule has 3 aromatic heterocycles. The van der Waals surface area contributed by atoms with E-state index >= 15 is 0 Å². The van der Waals surface area contributed by atoms with E-state index in [0.29, 0.717) is 11.5 Å². The summed E-state index contributed by atoms with van der Waals surface area (Å²) in [5, 5.41) is 2.26. The molecule has 0 radical (unpaired) electrons. The van der Waals surface area contributed by atoms with Gasteiger partial charge in [-0.15, -0.1) is 0 Å². The van der Waals surface area contributed by atoms with Crippen LogP contribution in [0.4, 0.5) is 0 Å². The van der Waals surface area contributed by atoms with Gasteiger partial charge in [-0.1, -0.05) is 12.1 Å². The van der Waals surface area contributed by atoms with Gasteiger partial charge < -0.3 is 0 Å². The summed E-state index contributed by atoms with van der Waals surface area (Å²) in [6, 6.07) is 37.9. The number of hydrogen-bond acceptors (Lipinski definition) is 2. The Bertz CT molecular complexity index is 2060. The molecule has 0 spiro atoms. The number of fused-ring (bicyclic) bond motifs is 4. The van der Waals surface area contributed by atoms with E-state index < -0.39 is 0 Å². The van der Waals surface area contributed by atoms with Crippen LogP contribution in [0.3, 0.4) is 0 Å². The topological polar surface area (TPSA) is 36.9 Å². The summed E-state index contributed by atoms with van der Waals surface area (Å²) in [6.45, 7) is 2.08. The summed E-state index contributed by atoms with van der Waals surface area (Å²) in [7, 11) is 2.08. The Labute approximate surface area is 230 Å². The second-order valence-corrected chi connectivity index (χ2v) is 10.3. The number of imidazole rings is 1. The Morgan fingerprint density at radius 2 is 1.50 bits per heavy atom. The fourth-order valence-corrected chi connectivity index (χ4v) is 5.87. The number of benzene rings is 4. The average Bonchev–Trinajstić information content (AvgIpc) is 3.40. The number of nitrogens with zero attached hydrogens (tertiary/aromatic N) is 4. The van der Waals surface area contributed by atoms with Crippen molar-refractivity contribution in [2.75, 3.05) is 0 Å². The van der Waals surface area contributed by atoms with Gasteiger partial charge in [-0.2, -0.15) is 0 Å².